The van der Waals surface area contributed by atoms with Crippen molar-refractivity contribution in [3.05, 3.63) is 53.1 Å². The van der Waals surface area contributed by atoms with Crippen LogP contribution in [0.2, 0.25) is 5.15 Å². The third kappa shape index (κ3) is 3.68. The summed E-state index contributed by atoms with van der Waals surface area (Å²) in [6, 6.07) is 7.69. The molecule has 5 nitrogen and oxygen atoms in total. The highest BCUT2D eigenvalue weighted by molar-refractivity contribution is 6.29. The van der Waals surface area contributed by atoms with E-state index in [1.54, 1.807) is 7.11 Å². The van der Waals surface area contributed by atoms with E-state index >= 15 is 0 Å². The molecule has 104 valence electrons. The van der Waals surface area contributed by atoms with Crippen molar-refractivity contribution < 1.29 is 9.53 Å². The first kappa shape index (κ1) is 14.3. The summed E-state index contributed by atoms with van der Waals surface area (Å²) >= 11 is 5.69. The lowest BCUT2D eigenvalue weighted by Crippen LogP contribution is -2.26. The zero-order valence-corrected chi connectivity index (χ0v) is 11.7. The van der Waals surface area contributed by atoms with Gasteiger partial charge >= 0.3 is 0 Å². The van der Waals surface area contributed by atoms with Crippen LogP contribution in [0.15, 0.2) is 36.7 Å². The van der Waals surface area contributed by atoms with E-state index in [1.165, 1.54) is 12.4 Å². The SMILES string of the molecule is COc1ccccc1CCNC(=O)c1cncc(Cl)n1. The Hall–Kier alpha value is -2.14. The van der Waals surface area contributed by atoms with Crippen LogP contribution in [0.25, 0.3) is 0 Å². The van der Waals surface area contributed by atoms with Crippen molar-refractivity contribution in [1.29, 1.82) is 0 Å². The van der Waals surface area contributed by atoms with Gasteiger partial charge in [0.2, 0.25) is 0 Å². The number of hydrogen-bond donors (Lipinski definition) is 1. The maximum atomic E-state index is 11.8. The summed E-state index contributed by atoms with van der Waals surface area (Å²) in [6.07, 6.45) is 3.43. The van der Waals surface area contributed by atoms with E-state index in [-0.39, 0.29) is 16.8 Å². The second-order valence-corrected chi connectivity index (χ2v) is 4.43. The Morgan fingerprint density at radius 2 is 2.15 bits per heavy atom. The van der Waals surface area contributed by atoms with Crippen LogP contribution in [-0.4, -0.2) is 29.5 Å². The molecule has 1 aromatic carbocycles. The Kier molecular flexibility index (Phi) is 4.90. The molecule has 0 spiro atoms. The number of benzene rings is 1. The van der Waals surface area contributed by atoms with Crippen LogP contribution in [0.1, 0.15) is 16.1 Å². The number of aromatic nitrogens is 2. The number of methoxy groups -OCH3 is 1. The zero-order chi connectivity index (χ0) is 14.4. The molecule has 0 radical (unpaired) electrons. The summed E-state index contributed by atoms with van der Waals surface area (Å²) in [5, 5.41) is 2.97. The number of carbonyl (C=O) groups excluding carboxylic acids is 1. The average molecular weight is 292 g/mol. The van der Waals surface area contributed by atoms with Crippen molar-refractivity contribution in [2.45, 2.75) is 6.42 Å². The Morgan fingerprint density at radius 3 is 2.90 bits per heavy atom. The Labute approximate surface area is 122 Å². The van der Waals surface area contributed by atoms with E-state index in [0.29, 0.717) is 13.0 Å². The van der Waals surface area contributed by atoms with Crippen LogP contribution < -0.4 is 10.1 Å². The number of amides is 1. The molecule has 1 aromatic heterocycles. The quantitative estimate of drug-likeness (QED) is 0.916. The van der Waals surface area contributed by atoms with Crippen LogP contribution >= 0.6 is 11.6 Å². The van der Waals surface area contributed by atoms with Gasteiger partial charge in [-0.1, -0.05) is 29.8 Å². The third-order valence-corrected chi connectivity index (χ3v) is 2.89. The lowest BCUT2D eigenvalue weighted by Gasteiger charge is -2.08. The molecule has 1 amide bonds. The van der Waals surface area contributed by atoms with Crippen LogP contribution in [0.5, 0.6) is 5.75 Å². The first-order valence-electron chi connectivity index (χ1n) is 6.08. The molecule has 1 heterocycles. The topological polar surface area (TPSA) is 64.1 Å². The smallest absolute Gasteiger partial charge is 0.271 e. The zero-order valence-electron chi connectivity index (χ0n) is 11.0. The van der Waals surface area contributed by atoms with Gasteiger partial charge in [-0.2, -0.15) is 0 Å². The van der Waals surface area contributed by atoms with E-state index in [2.05, 4.69) is 15.3 Å². The van der Waals surface area contributed by atoms with Crippen LogP contribution in [0.3, 0.4) is 0 Å². The molecule has 0 unspecified atom stereocenters. The molecule has 0 saturated carbocycles. The minimum absolute atomic E-state index is 0.197. The first-order chi connectivity index (χ1) is 9.70. The number of para-hydroxylation sites is 1. The molecule has 0 saturated heterocycles. The van der Waals surface area contributed by atoms with Gasteiger partial charge < -0.3 is 10.1 Å². The average Bonchev–Trinajstić information content (AvgIpc) is 2.47. The summed E-state index contributed by atoms with van der Waals surface area (Å²) in [4.78, 5) is 19.6. The lowest BCUT2D eigenvalue weighted by molar-refractivity contribution is 0.0948. The number of halogens is 1. The second kappa shape index (κ2) is 6.86. The summed E-state index contributed by atoms with van der Waals surface area (Å²) in [5.41, 5.74) is 1.24. The molecule has 0 aliphatic carbocycles. The number of ether oxygens (including phenoxy) is 1. The van der Waals surface area contributed by atoms with Crippen molar-refractivity contribution >= 4 is 17.5 Å². The second-order valence-electron chi connectivity index (χ2n) is 4.04. The molecule has 0 aliphatic heterocycles. The molecule has 2 aromatic rings. The standard InChI is InChI=1S/C14H14ClN3O2/c1-20-12-5-3-2-4-10(12)6-7-17-14(19)11-8-16-9-13(15)18-11/h2-5,8-9H,6-7H2,1H3,(H,17,19). The van der Waals surface area contributed by atoms with Gasteiger partial charge in [-0.05, 0) is 18.1 Å². The monoisotopic (exact) mass is 291 g/mol. The molecule has 6 heteroatoms. The highest BCUT2D eigenvalue weighted by Gasteiger charge is 2.08. The summed E-state index contributed by atoms with van der Waals surface area (Å²) < 4.78 is 5.25. The van der Waals surface area contributed by atoms with E-state index in [0.717, 1.165) is 11.3 Å². The van der Waals surface area contributed by atoms with Crippen molar-refractivity contribution in [3.63, 3.8) is 0 Å². The molecule has 0 atom stereocenters. The van der Waals surface area contributed by atoms with Crippen molar-refractivity contribution in [1.82, 2.24) is 15.3 Å². The summed E-state index contributed by atoms with van der Waals surface area (Å²) in [7, 11) is 1.62. The van der Waals surface area contributed by atoms with Gasteiger partial charge in [-0.3, -0.25) is 9.78 Å². The first-order valence-corrected chi connectivity index (χ1v) is 6.46. The minimum atomic E-state index is -0.296. The highest BCUT2D eigenvalue weighted by Crippen LogP contribution is 2.17. The molecular weight excluding hydrogens is 278 g/mol. The molecule has 0 bridgehead atoms. The number of nitrogens with zero attached hydrogens (tertiary/aromatic N) is 2. The highest BCUT2D eigenvalue weighted by atomic mass is 35.5. The number of hydrogen-bond acceptors (Lipinski definition) is 4. The van der Waals surface area contributed by atoms with Gasteiger partial charge in [0.15, 0.2) is 0 Å². The van der Waals surface area contributed by atoms with Crippen LogP contribution in [0, 0.1) is 0 Å². The maximum absolute atomic E-state index is 11.8. The van der Waals surface area contributed by atoms with Gasteiger partial charge in [-0.25, -0.2) is 4.98 Å². The maximum Gasteiger partial charge on any atom is 0.271 e. The fraction of sp³-hybridized carbons (Fsp3) is 0.214. The van der Waals surface area contributed by atoms with Gasteiger partial charge in [0, 0.05) is 6.54 Å². The predicted octanol–water partition coefficient (Wildman–Crippen LogP) is 2.11. The number of rotatable bonds is 5. The Balaban J connectivity index is 1.91. The molecular formula is C14H14ClN3O2. The van der Waals surface area contributed by atoms with Gasteiger partial charge in [0.25, 0.3) is 5.91 Å². The fourth-order valence-electron chi connectivity index (χ4n) is 1.76. The van der Waals surface area contributed by atoms with E-state index in [9.17, 15) is 4.79 Å². The molecule has 0 fully saturated rings. The Morgan fingerprint density at radius 1 is 1.35 bits per heavy atom. The number of carbonyl (C=O) groups is 1. The third-order valence-electron chi connectivity index (χ3n) is 2.71. The van der Waals surface area contributed by atoms with Crippen LogP contribution in [0.4, 0.5) is 0 Å². The van der Waals surface area contributed by atoms with Crippen LogP contribution in [-0.2, 0) is 6.42 Å². The number of nitrogens with one attached hydrogen (secondary N) is 1. The van der Waals surface area contributed by atoms with Gasteiger partial charge in [0.05, 0.1) is 19.5 Å². The van der Waals surface area contributed by atoms with E-state index in [1.807, 2.05) is 24.3 Å². The predicted molar refractivity (Wildman–Crippen MR) is 76.1 cm³/mol. The van der Waals surface area contributed by atoms with Gasteiger partial charge in [0.1, 0.15) is 16.6 Å². The molecule has 2 rings (SSSR count). The van der Waals surface area contributed by atoms with Crippen molar-refractivity contribution in [2.75, 3.05) is 13.7 Å². The van der Waals surface area contributed by atoms with Crippen molar-refractivity contribution in [3.8, 4) is 5.75 Å². The minimum Gasteiger partial charge on any atom is -0.496 e. The lowest BCUT2D eigenvalue weighted by atomic mass is 10.1. The summed E-state index contributed by atoms with van der Waals surface area (Å²) in [5.74, 6) is 0.513. The summed E-state index contributed by atoms with van der Waals surface area (Å²) in [6.45, 7) is 0.480. The van der Waals surface area contributed by atoms with E-state index in [4.69, 9.17) is 16.3 Å². The largest absolute Gasteiger partial charge is 0.496 e. The van der Waals surface area contributed by atoms with Crippen molar-refractivity contribution in [2.24, 2.45) is 0 Å². The van der Waals surface area contributed by atoms with E-state index < -0.39 is 0 Å². The Bertz CT molecular complexity index is 604. The molecule has 1 N–H and O–H groups in total. The molecule has 20 heavy (non-hydrogen) atoms. The molecule has 0 aliphatic rings. The normalized spacial score (nSPS) is 10.1. The fourth-order valence-corrected chi connectivity index (χ4v) is 1.91. The van der Waals surface area contributed by atoms with Gasteiger partial charge in [-0.15, -0.1) is 0 Å².